The van der Waals surface area contributed by atoms with Crippen molar-refractivity contribution in [1.29, 1.82) is 0 Å². The number of hydrogen-bond donors (Lipinski definition) is 1. The Balaban J connectivity index is 2.39. The van der Waals surface area contributed by atoms with Gasteiger partial charge in [0.25, 0.3) is 0 Å². The molecule has 0 aliphatic carbocycles. The summed E-state index contributed by atoms with van der Waals surface area (Å²) in [5, 5.41) is 2.89. The predicted octanol–water partition coefficient (Wildman–Crippen LogP) is 1.26. The zero-order valence-electron chi connectivity index (χ0n) is 10.7. The SMILES string of the molecule is CC1NC(=O)CC1(C)c1ccc(S(C)(=O)=O)cc1. The molecule has 0 saturated carbocycles. The molecule has 1 fully saturated rings. The Bertz CT molecular complexity index is 577. The number of nitrogens with one attached hydrogen (secondary N) is 1. The Hall–Kier alpha value is -1.36. The summed E-state index contributed by atoms with van der Waals surface area (Å²) in [4.78, 5) is 11.8. The molecule has 18 heavy (non-hydrogen) atoms. The molecule has 0 aromatic heterocycles. The Kier molecular flexibility index (Phi) is 2.97. The van der Waals surface area contributed by atoms with E-state index in [-0.39, 0.29) is 17.4 Å². The highest BCUT2D eigenvalue weighted by Gasteiger charge is 2.41. The van der Waals surface area contributed by atoms with E-state index in [0.717, 1.165) is 5.56 Å². The average molecular weight is 267 g/mol. The maximum absolute atomic E-state index is 11.5. The molecule has 2 atom stereocenters. The number of sulfone groups is 1. The first-order chi connectivity index (χ1) is 8.23. The van der Waals surface area contributed by atoms with Crippen molar-refractivity contribution in [2.24, 2.45) is 0 Å². The number of amides is 1. The van der Waals surface area contributed by atoms with Crippen molar-refractivity contribution < 1.29 is 13.2 Å². The molecule has 1 aliphatic heterocycles. The highest BCUT2D eigenvalue weighted by molar-refractivity contribution is 7.90. The van der Waals surface area contributed by atoms with Crippen LogP contribution in [-0.2, 0) is 20.0 Å². The van der Waals surface area contributed by atoms with E-state index in [1.165, 1.54) is 6.26 Å². The van der Waals surface area contributed by atoms with Gasteiger partial charge in [-0.1, -0.05) is 19.1 Å². The Labute approximate surface area is 107 Å². The normalized spacial score (nSPS) is 28.2. The monoisotopic (exact) mass is 267 g/mol. The van der Waals surface area contributed by atoms with Crippen LogP contribution in [0, 0.1) is 0 Å². The third-order valence-electron chi connectivity index (χ3n) is 3.80. The molecule has 98 valence electrons. The van der Waals surface area contributed by atoms with Crippen LogP contribution in [-0.4, -0.2) is 26.6 Å². The molecule has 1 amide bonds. The zero-order valence-corrected chi connectivity index (χ0v) is 11.5. The van der Waals surface area contributed by atoms with Crippen molar-refractivity contribution in [3.05, 3.63) is 29.8 Å². The molecule has 1 aliphatic rings. The molecule has 2 unspecified atom stereocenters. The zero-order chi connectivity index (χ0) is 13.6. The van der Waals surface area contributed by atoms with Gasteiger partial charge >= 0.3 is 0 Å². The lowest BCUT2D eigenvalue weighted by Crippen LogP contribution is -2.35. The van der Waals surface area contributed by atoms with E-state index in [2.05, 4.69) is 5.32 Å². The summed E-state index contributed by atoms with van der Waals surface area (Å²) in [5.41, 5.74) is 0.716. The Morgan fingerprint density at radius 3 is 2.22 bits per heavy atom. The van der Waals surface area contributed by atoms with E-state index in [1.807, 2.05) is 13.8 Å². The van der Waals surface area contributed by atoms with Gasteiger partial charge in [0, 0.05) is 24.1 Å². The van der Waals surface area contributed by atoms with Crippen LogP contribution >= 0.6 is 0 Å². The first-order valence-electron chi connectivity index (χ1n) is 5.83. The summed E-state index contributed by atoms with van der Waals surface area (Å²) < 4.78 is 22.8. The van der Waals surface area contributed by atoms with E-state index in [0.29, 0.717) is 11.3 Å². The molecule has 2 rings (SSSR count). The maximum Gasteiger partial charge on any atom is 0.221 e. The van der Waals surface area contributed by atoms with E-state index >= 15 is 0 Å². The molecule has 1 N–H and O–H groups in total. The summed E-state index contributed by atoms with van der Waals surface area (Å²) in [6.45, 7) is 3.99. The van der Waals surface area contributed by atoms with Crippen molar-refractivity contribution in [3.63, 3.8) is 0 Å². The summed E-state index contributed by atoms with van der Waals surface area (Å²) in [5.74, 6) is 0.0391. The number of carbonyl (C=O) groups is 1. The van der Waals surface area contributed by atoms with Crippen LogP contribution in [0.5, 0.6) is 0 Å². The van der Waals surface area contributed by atoms with Gasteiger partial charge in [-0.25, -0.2) is 8.42 Å². The third-order valence-corrected chi connectivity index (χ3v) is 4.93. The van der Waals surface area contributed by atoms with E-state index in [1.54, 1.807) is 24.3 Å². The van der Waals surface area contributed by atoms with Gasteiger partial charge in [0.05, 0.1) is 4.90 Å². The molecule has 0 bridgehead atoms. The Morgan fingerprint density at radius 2 is 1.83 bits per heavy atom. The largest absolute Gasteiger partial charge is 0.353 e. The van der Waals surface area contributed by atoms with Crippen LogP contribution in [0.3, 0.4) is 0 Å². The second kappa shape index (κ2) is 4.09. The summed E-state index contributed by atoms with van der Waals surface area (Å²) >= 11 is 0. The highest BCUT2D eigenvalue weighted by Crippen LogP contribution is 2.35. The molecular formula is C13H17NO3S. The van der Waals surface area contributed by atoms with Gasteiger partial charge in [0.2, 0.25) is 5.91 Å². The lowest BCUT2D eigenvalue weighted by Gasteiger charge is -2.28. The van der Waals surface area contributed by atoms with Crippen LogP contribution in [0.1, 0.15) is 25.8 Å². The summed E-state index contributed by atoms with van der Waals surface area (Å²) in [7, 11) is -3.17. The molecule has 4 nitrogen and oxygen atoms in total. The van der Waals surface area contributed by atoms with Gasteiger partial charge in [-0.15, -0.1) is 0 Å². The predicted molar refractivity (Wildman–Crippen MR) is 69.1 cm³/mol. The molecule has 5 heteroatoms. The molecule has 0 radical (unpaired) electrons. The minimum absolute atomic E-state index is 0.0391. The fourth-order valence-corrected chi connectivity index (χ4v) is 3.00. The quantitative estimate of drug-likeness (QED) is 0.877. The second-order valence-electron chi connectivity index (χ2n) is 5.18. The molecular weight excluding hydrogens is 250 g/mol. The number of rotatable bonds is 2. The number of hydrogen-bond acceptors (Lipinski definition) is 3. The molecule has 0 spiro atoms. The van der Waals surface area contributed by atoms with Crippen LogP contribution in [0.15, 0.2) is 29.2 Å². The lowest BCUT2D eigenvalue weighted by molar-refractivity contribution is -0.119. The van der Waals surface area contributed by atoms with Gasteiger partial charge in [0.15, 0.2) is 9.84 Å². The van der Waals surface area contributed by atoms with Crippen molar-refractivity contribution in [2.75, 3.05) is 6.26 Å². The molecule has 1 saturated heterocycles. The standard InChI is InChI=1S/C13H17NO3S/c1-9-13(2,8-12(15)14-9)10-4-6-11(7-5-10)18(3,16)17/h4-7,9H,8H2,1-3H3,(H,14,15). The fourth-order valence-electron chi connectivity index (χ4n) is 2.37. The first kappa shape index (κ1) is 13.1. The van der Waals surface area contributed by atoms with Crippen molar-refractivity contribution >= 4 is 15.7 Å². The Morgan fingerprint density at radius 1 is 1.28 bits per heavy atom. The smallest absolute Gasteiger partial charge is 0.221 e. The maximum atomic E-state index is 11.5. The van der Waals surface area contributed by atoms with Crippen LogP contribution in [0.25, 0.3) is 0 Å². The third kappa shape index (κ3) is 2.14. The van der Waals surface area contributed by atoms with Gasteiger partial charge in [0.1, 0.15) is 0 Å². The van der Waals surface area contributed by atoms with E-state index in [4.69, 9.17) is 0 Å². The average Bonchev–Trinajstić information content (AvgIpc) is 2.53. The summed E-state index contributed by atoms with van der Waals surface area (Å²) in [6, 6.07) is 6.85. The minimum atomic E-state index is -3.17. The number of benzene rings is 1. The van der Waals surface area contributed by atoms with Crippen LogP contribution in [0.2, 0.25) is 0 Å². The van der Waals surface area contributed by atoms with E-state index < -0.39 is 9.84 Å². The second-order valence-corrected chi connectivity index (χ2v) is 7.20. The van der Waals surface area contributed by atoms with Gasteiger partial charge in [-0.2, -0.15) is 0 Å². The highest BCUT2D eigenvalue weighted by atomic mass is 32.2. The van der Waals surface area contributed by atoms with Crippen molar-refractivity contribution in [2.45, 2.75) is 36.6 Å². The van der Waals surface area contributed by atoms with Crippen LogP contribution in [0.4, 0.5) is 0 Å². The van der Waals surface area contributed by atoms with Crippen LogP contribution < -0.4 is 5.32 Å². The number of carbonyl (C=O) groups excluding carboxylic acids is 1. The fraction of sp³-hybridized carbons (Fsp3) is 0.462. The molecule has 1 heterocycles. The molecule has 1 aromatic rings. The minimum Gasteiger partial charge on any atom is -0.353 e. The summed E-state index contributed by atoms with van der Waals surface area (Å²) in [6.07, 6.45) is 1.62. The lowest BCUT2D eigenvalue weighted by atomic mass is 9.77. The molecule has 1 aromatic carbocycles. The van der Waals surface area contributed by atoms with Gasteiger partial charge in [-0.3, -0.25) is 4.79 Å². The van der Waals surface area contributed by atoms with Gasteiger partial charge in [-0.05, 0) is 24.6 Å². The van der Waals surface area contributed by atoms with Gasteiger partial charge < -0.3 is 5.32 Å². The van der Waals surface area contributed by atoms with E-state index in [9.17, 15) is 13.2 Å². The van der Waals surface area contributed by atoms with Crippen molar-refractivity contribution in [1.82, 2.24) is 5.32 Å². The topological polar surface area (TPSA) is 63.2 Å². The van der Waals surface area contributed by atoms with Crippen molar-refractivity contribution in [3.8, 4) is 0 Å². The first-order valence-corrected chi connectivity index (χ1v) is 7.72.